The van der Waals surface area contributed by atoms with E-state index in [1.54, 1.807) is 0 Å². The predicted molar refractivity (Wildman–Crippen MR) is 48.9 cm³/mol. The Labute approximate surface area is 74.5 Å². The molecule has 1 heteroatoms. The summed E-state index contributed by atoms with van der Waals surface area (Å²) in [4.78, 5) is 11.6. The zero-order valence-corrected chi connectivity index (χ0v) is 7.88. The van der Waals surface area contributed by atoms with Gasteiger partial charge in [0, 0.05) is 11.8 Å². The maximum Gasteiger partial charge on any atom is 0.139 e. The van der Waals surface area contributed by atoms with Gasteiger partial charge in [0.15, 0.2) is 0 Å². The van der Waals surface area contributed by atoms with E-state index in [1.165, 1.54) is 32.1 Å². The van der Waals surface area contributed by atoms with Gasteiger partial charge in [-0.2, -0.15) is 0 Å². The van der Waals surface area contributed by atoms with Crippen molar-refractivity contribution in [2.75, 3.05) is 0 Å². The second-order valence-corrected chi connectivity index (χ2v) is 4.35. The Bertz CT molecular complexity index is 185. The Morgan fingerprint density at radius 2 is 2.08 bits per heavy atom. The summed E-state index contributed by atoms with van der Waals surface area (Å²) in [6.07, 6.45) is 7.53. The van der Waals surface area contributed by atoms with Crippen LogP contribution in [0.25, 0.3) is 0 Å². The van der Waals surface area contributed by atoms with Gasteiger partial charge in [-0.15, -0.1) is 0 Å². The number of hydrogen-bond acceptors (Lipinski definition) is 1. The van der Waals surface area contributed by atoms with Crippen molar-refractivity contribution in [3.8, 4) is 0 Å². The number of ketones is 1. The van der Waals surface area contributed by atoms with Crippen molar-refractivity contribution in [2.24, 2.45) is 17.8 Å². The third kappa shape index (κ3) is 1.10. The van der Waals surface area contributed by atoms with E-state index in [9.17, 15) is 4.79 Å². The van der Waals surface area contributed by atoms with Gasteiger partial charge in [-0.1, -0.05) is 26.2 Å². The molecule has 3 atom stereocenters. The molecule has 2 aliphatic rings. The molecular formula is C11H18O. The summed E-state index contributed by atoms with van der Waals surface area (Å²) < 4.78 is 0. The summed E-state index contributed by atoms with van der Waals surface area (Å²) in [6, 6.07) is 0. The average molecular weight is 166 g/mol. The Hall–Kier alpha value is -0.330. The van der Waals surface area contributed by atoms with Gasteiger partial charge in [-0.05, 0) is 25.2 Å². The van der Waals surface area contributed by atoms with E-state index < -0.39 is 0 Å². The zero-order valence-electron chi connectivity index (χ0n) is 7.88. The molecule has 2 aliphatic carbocycles. The quantitative estimate of drug-likeness (QED) is 0.616. The third-order valence-corrected chi connectivity index (χ3v) is 3.67. The highest BCUT2D eigenvalue weighted by molar-refractivity contribution is 5.90. The van der Waals surface area contributed by atoms with Gasteiger partial charge in [-0.25, -0.2) is 0 Å². The number of carbonyl (C=O) groups excluding carboxylic acids is 1. The van der Waals surface area contributed by atoms with Crippen LogP contribution >= 0.6 is 0 Å². The van der Waals surface area contributed by atoms with Crippen molar-refractivity contribution >= 4 is 5.78 Å². The van der Waals surface area contributed by atoms with E-state index in [1.807, 2.05) is 0 Å². The number of hydrogen-bond donors (Lipinski definition) is 0. The molecule has 0 saturated heterocycles. The van der Waals surface area contributed by atoms with Crippen molar-refractivity contribution in [3.05, 3.63) is 0 Å². The average Bonchev–Trinajstić information content (AvgIpc) is 2.13. The Kier molecular flexibility index (Phi) is 2.20. The van der Waals surface area contributed by atoms with E-state index in [-0.39, 0.29) is 0 Å². The fourth-order valence-corrected chi connectivity index (χ4v) is 3.03. The molecule has 0 spiro atoms. The van der Waals surface area contributed by atoms with Crippen LogP contribution in [0.15, 0.2) is 0 Å². The van der Waals surface area contributed by atoms with Crippen molar-refractivity contribution < 1.29 is 4.79 Å². The van der Waals surface area contributed by atoms with Crippen molar-refractivity contribution in [1.82, 2.24) is 0 Å². The third-order valence-electron chi connectivity index (χ3n) is 3.67. The highest BCUT2D eigenvalue weighted by Crippen LogP contribution is 2.48. The second kappa shape index (κ2) is 3.20. The molecule has 2 rings (SSSR count). The lowest BCUT2D eigenvalue weighted by Gasteiger charge is -2.46. The lowest BCUT2D eigenvalue weighted by atomic mass is 9.56. The lowest BCUT2D eigenvalue weighted by Crippen LogP contribution is -2.48. The van der Waals surface area contributed by atoms with Crippen LogP contribution in [0.1, 0.15) is 45.4 Å². The van der Waals surface area contributed by atoms with Crippen molar-refractivity contribution in [2.45, 2.75) is 45.4 Å². The van der Waals surface area contributed by atoms with E-state index in [4.69, 9.17) is 0 Å². The molecule has 12 heavy (non-hydrogen) atoms. The molecular weight excluding hydrogens is 148 g/mol. The molecule has 0 unspecified atom stereocenters. The molecule has 0 radical (unpaired) electrons. The highest BCUT2D eigenvalue weighted by Gasteiger charge is 2.48. The topological polar surface area (TPSA) is 17.1 Å². The molecule has 0 aromatic carbocycles. The second-order valence-electron chi connectivity index (χ2n) is 4.35. The molecule has 1 nitrogen and oxygen atoms in total. The molecule has 68 valence electrons. The lowest BCUT2D eigenvalue weighted by molar-refractivity contribution is -0.146. The van der Waals surface area contributed by atoms with Gasteiger partial charge in [0.25, 0.3) is 0 Å². The number of fused-ring (bicyclic) bond motifs is 1. The standard InChI is InChI=1S/C11H18O/c1-2-5-9-8-6-3-4-7-10(8)11(9)12/h8-10H,2-7H2,1H3/t8-,9-,10-/m1/s1. The first kappa shape index (κ1) is 8.28. The minimum Gasteiger partial charge on any atom is -0.299 e. The largest absolute Gasteiger partial charge is 0.299 e. The van der Waals surface area contributed by atoms with Crippen LogP contribution in [0, 0.1) is 17.8 Å². The van der Waals surface area contributed by atoms with Crippen LogP contribution in [0.2, 0.25) is 0 Å². The highest BCUT2D eigenvalue weighted by atomic mass is 16.1. The summed E-state index contributed by atoms with van der Waals surface area (Å²) in [5.41, 5.74) is 0. The van der Waals surface area contributed by atoms with Crippen LogP contribution < -0.4 is 0 Å². The van der Waals surface area contributed by atoms with Crippen molar-refractivity contribution in [1.29, 1.82) is 0 Å². The fourth-order valence-electron chi connectivity index (χ4n) is 3.03. The summed E-state index contributed by atoms with van der Waals surface area (Å²) >= 11 is 0. The summed E-state index contributed by atoms with van der Waals surface area (Å²) in [5.74, 6) is 2.36. The molecule has 0 heterocycles. The minimum absolute atomic E-state index is 0.472. The van der Waals surface area contributed by atoms with Gasteiger partial charge >= 0.3 is 0 Å². The summed E-state index contributed by atoms with van der Waals surface area (Å²) in [7, 11) is 0. The predicted octanol–water partition coefficient (Wildman–Crippen LogP) is 2.79. The van der Waals surface area contributed by atoms with E-state index in [2.05, 4.69) is 6.92 Å². The summed E-state index contributed by atoms with van der Waals surface area (Å²) in [5, 5.41) is 0. The first-order valence-corrected chi connectivity index (χ1v) is 5.38. The molecule has 0 aliphatic heterocycles. The fraction of sp³-hybridized carbons (Fsp3) is 0.909. The van der Waals surface area contributed by atoms with Crippen molar-refractivity contribution in [3.63, 3.8) is 0 Å². The van der Waals surface area contributed by atoms with Crippen LogP contribution in [-0.4, -0.2) is 5.78 Å². The van der Waals surface area contributed by atoms with E-state index >= 15 is 0 Å². The normalized spacial score (nSPS) is 40.4. The first-order chi connectivity index (χ1) is 5.84. The minimum atomic E-state index is 0.472. The van der Waals surface area contributed by atoms with Gasteiger partial charge in [-0.3, -0.25) is 4.79 Å². The van der Waals surface area contributed by atoms with Gasteiger partial charge in [0.1, 0.15) is 5.78 Å². The van der Waals surface area contributed by atoms with Crippen LogP contribution in [0.3, 0.4) is 0 Å². The molecule has 0 aromatic heterocycles. The Morgan fingerprint density at radius 1 is 1.33 bits per heavy atom. The maximum atomic E-state index is 11.6. The van der Waals surface area contributed by atoms with Crippen LogP contribution in [-0.2, 0) is 4.79 Å². The molecule has 2 fully saturated rings. The zero-order chi connectivity index (χ0) is 8.55. The first-order valence-electron chi connectivity index (χ1n) is 5.38. The number of Topliss-reactive ketones (excluding diaryl/α,β-unsaturated/α-hetero) is 1. The number of rotatable bonds is 2. The molecule has 0 aromatic rings. The van der Waals surface area contributed by atoms with Gasteiger partial charge in [0.2, 0.25) is 0 Å². The SMILES string of the molecule is CCC[C@H]1C(=O)[C@@H]2CCCC[C@H]12. The Balaban J connectivity index is 1.96. The van der Waals surface area contributed by atoms with Gasteiger partial charge < -0.3 is 0 Å². The van der Waals surface area contributed by atoms with Crippen LogP contribution in [0.5, 0.6) is 0 Å². The molecule has 0 N–H and O–H groups in total. The Morgan fingerprint density at radius 3 is 2.83 bits per heavy atom. The number of carbonyl (C=O) groups is 1. The van der Waals surface area contributed by atoms with E-state index in [0.717, 1.165) is 12.3 Å². The summed E-state index contributed by atoms with van der Waals surface area (Å²) in [6.45, 7) is 2.18. The van der Waals surface area contributed by atoms with Crippen LogP contribution in [0.4, 0.5) is 0 Å². The monoisotopic (exact) mass is 166 g/mol. The smallest absolute Gasteiger partial charge is 0.139 e. The molecule has 2 saturated carbocycles. The van der Waals surface area contributed by atoms with Gasteiger partial charge in [0.05, 0.1) is 0 Å². The van der Waals surface area contributed by atoms with E-state index in [0.29, 0.717) is 17.6 Å². The molecule has 0 bridgehead atoms. The maximum absolute atomic E-state index is 11.6. The molecule has 0 amide bonds.